The second-order valence-electron chi connectivity index (χ2n) is 16.8. The summed E-state index contributed by atoms with van der Waals surface area (Å²) in [6.45, 7) is 8.47. The minimum absolute atomic E-state index is 0. The lowest BCUT2D eigenvalue weighted by molar-refractivity contribution is -0.282. The number of ketones is 1. The number of hydrogen-bond acceptors (Lipinski definition) is 15. The Balaban J connectivity index is 0.0000192. The molecule has 0 aromatic carbocycles. The van der Waals surface area contributed by atoms with Gasteiger partial charge in [-0.15, -0.1) is 0 Å². The molecule has 0 aromatic heterocycles. The molecule has 0 radical (unpaired) electrons. The van der Waals surface area contributed by atoms with Crippen molar-refractivity contribution in [3.63, 3.8) is 0 Å². The van der Waals surface area contributed by atoms with E-state index in [-0.39, 0.29) is 56.5 Å². The minimum atomic E-state index is -1.21. The average Bonchev–Trinajstić information content (AvgIpc) is 3.23. The van der Waals surface area contributed by atoms with Crippen molar-refractivity contribution in [2.45, 2.75) is 199 Å². The molecule has 3 amide bonds. The molecule has 11 atom stereocenters. The van der Waals surface area contributed by atoms with E-state index in [2.05, 4.69) is 16.0 Å². The molecule has 2 rings (SSSR count). The number of amides is 3. The van der Waals surface area contributed by atoms with Gasteiger partial charge in [-0.2, -0.15) is 0 Å². The molecule has 0 spiro atoms. The highest BCUT2D eigenvalue weighted by Gasteiger charge is 2.43. The molecule has 2 fully saturated rings. The number of rotatable bonds is 33. The van der Waals surface area contributed by atoms with Crippen molar-refractivity contribution in [3.05, 3.63) is 0 Å². The summed E-state index contributed by atoms with van der Waals surface area (Å²) < 4.78 is 28.1. The molecule has 11 unspecified atom stereocenters. The van der Waals surface area contributed by atoms with Gasteiger partial charge in [0.1, 0.15) is 24.4 Å². The monoisotopic (exact) mass is 894 g/mol. The van der Waals surface area contributed by atoms with Crippen molar-refractivity contribution in [1.29, 1.82) is 0 Å². The number of carbonyl (C=O) groups is 4. The van der Waals surface area contributed by atoms with Crippen LogP contribution in [0.5, 0.6) is 0 Å². The first-order chi connectivity index (χ1) is 29.2. The van der Waals surface area contributed by atoms with Crippen molar-refractivity contribution >= 4 is 23.5 Å². The largest absolute Gasteiger partial charge is 0.394 e. The van der Waals surface area contributed by atoms with Crippen molar-refractivity contribution < 1.29 is 73.5 Å². The number of unbranched alkanes of at least 4 members (excludes halogenated alkanes) is 6. The number of nitrogens with one attached hydrogen (secondary N) is 3. The lowest BCUT2D eigenvalue weighted by Gasteiger charge is -2.40. The van der Waals surface area contributed by atoms with Gasteiger partial charge in [-0.25, -0.2) is 0 Å². The van der Waals surface area contributed by atoms with Gasteiger partial charge >= 0.3 is 0 Å². The molecule has 2 saturated heterocycles. The predicted molar refractivity (Wildman–Crippen MR) is 230 cm³/mol. The molecule has 0 aromatic rings. The highest BCUT2D eigenvalue weighted by atomic mass is 16.7. The predicted octanol–water partition coefficient (Wildman–Crippen LogP) is 1.76. The van der Waals surface area contributed by atoms with E-state index < -0.39 is 80.3 Å². The van der Waals surface area contributed by atoms with Crippen LogP contribution < -0.4 is 16.0 Å². The Labute approximate surface area is 369 Å². The van der Waals surface area contributed by atoms with Gasteiger partial charge in [0.15, 0.2) is 18.4 Å². The van der Waals surface area contributed by atoms with Crippen molar-refractivity contribution in [2.75, 3.05) is 46.1 Å². The van der Waals surface area contributed by atoms with E-state index in [0.717, 1.165) is 25.7 Å². The van der Waals surface area contributed by atoms with E-state index in [0.29, 0.717) is 90.5 Å². The maximum Gasteiger partial charge on any atom is 0.220 e. The number of aliphatic hydroxyl groups excluding tert-OH is 6. The molecule has 364 valence electrons. The summed E-state index contributed by atoms with van der Waals surface area (Å²) in [5, 5.41) is 68.0. The first kappa shape index (κ1) is 57.7. The summed E-state index contributed by atoms with van der Waals surface area (Å²) >= 11 is 0. The van der Waals surface area contributed by atoms with Crippen LogP contribution in [-0.4, -0.2) is 162 Å². The SMILES string of the molecule is C.CC(C)OCCCNC(=O)CCCCCCC(=O)C(CCCCNC(=O)CCCOC1OC(CO)C(O)C(O)C1C)NC(=O)CCCCCOC1OC(CO)C(O)C(O)C1C. The van der Waals surface area contributed by atoms with Crippen LogP contribution in [0.1, 0.15) is 138 Å². The number of hydrogen-bond donors (Lipinski definition) is 9. The summed E-state index contributed by atoms with van der Waals surface area (Å²) in [4.78, 5) is 50.9. The highest BCUT2D eigenvalue weighted by Crippen LogP contribution is 2.28. The molecule has 2 aliphatic heterocycles. The molecule has 18 heteroatoms. The van der Waals surface area contributed by atoms with Gasteiger partial charge in [0, 0.05) is 63.8 Å². The van der Waals surface area contributed by atoms with Gasteiger partial charge in [0.2, 0.25) is 17.7 Å². The summed E-state index contributed by atoms with van der Waals surface area (Å²) in [6, 6.07) is -0.658. The van der Waals surface area contributed by atoms with Gasteiger partial charge in [-0.1, -0.05) is 40.5 Å². The molecule has 0 bridgehead atoms. The van der Waals surface area contributed by atoms with Crippen molar-refractivity contribution in [3.8, 4) is 0 Å². The smallest absolute Gasteiger partial charge is 0.220 e. The van der Waals surface area contributed by atoms with Crippen LogP contribution in [0.3, 0.4) is 0 Å². The molecule has 0 aliphatic carbocycles. The normalized spacial score (nSPS) is 26.7. The summed E-state index contributed by atoms with van der Waals surface area (Å²) in [6.07, 6.45) is 0.831. The Morgan fingerprint density at radius 2 is 1.03 bits per heavy atom. The molecule has 18 nitrogen and oxygen atoms in total. The van der Waals surface area contributed by atoms with Crippen LogP contribution in [0.2, 0.25) is 0 Å². The second-order valence-corrected chi connectivity index (χ2v) is 16.8. The van der Waals surface area contributed by atoms with Gasteiger partial charge in [-0.3, -0.25) is 19.2 Å². The standard InChI is InChI=1S/C43H79N3O15.CH4/c1-28(2)57-25-15-22-45-35(50)18-9-6-5-8-17-32(49)31(46-37(52)19-10-7-13-23-58-42-29(3)38(53)40(55)33(26-47)60-42)16-11-12-21-44-36(51)20-14-24-59-43-30(4)39(54)41(56)34(27-48)61-43;/h28-31,33-34,38-43,47-48,53-56H,5-27H2,1-4H3,(H,44,51)(H,45,50)(H,46,52);1H4. The molecule has 62 heavy (non-hydrogen) atoms. The minimum Gasteiger partial charge on any atom is -0.394 e. The van der Waals surface area contributed by atoms with Crippen LogP contribution in [-0.2, 0) is 42.9 Å². The summed E-state index contributed by atoms with van der Waals surface area (Å²) in [5.41, 5.74) is 0. The van der Waals surface area contributed by atoms with E-state index in [9.17, 15) is 49.8 Å². The van der Waals surface area contributed by atoms with Crippen LogP contribution in [0.25, 0.3) is 0 Å². The number of ether oxygens (including phenoxy) is 5. The Hall–Kier alpha value is -2.36. The van der Waals surface area contributed by atoms with E-state index in [1.54, 1.807) is 13.8 Å². The van der Waals surface area contributed by atoms with Crippen LogP contribution in [0, 0.1) is 11.8 Å². The first-order valence-corrected chi connectivity index (χ1v) is 22.6. The zero-order valence-corrected chi connectivity index (χ0v) is 37.0. The summed E-state index contributed by atoms with van der Waals surface area (Å²) in [7, 11) is 0. The van der Waals surface area contributed by atoms with E-state index >= 15 is 0 Å². The number of Topliss-reactive ketones (excluding diaryl/α,β-unsaturated/α-hetero) is 1. The fourth-order valence-corrected chi connectivity index (χ4v) is 7.21. The van der Waals surface area contributed by atoms with Crippen molar-refractivity contribution in [1.82, 2.24) is 16.0 Å². The molecule has 0 saturated carbocycles. The van der Waals surface area contributed by atoms with E-state index in [1.165, 1.54) is 0 Å². The quantitative estimate of drug-likeness (QED) is 0.0425. The number of carbonyl (C=O) groups excluding carboxylic acids is 4. The van der Waals surface area contributed by atoms with E-state index in [4.69, 9.17) is 23.7 Å². The van der Waals surface area contributed by atoms with Gasteiger partial charge < -0.3 is 70.3 Å². The molecular formula is C44H83N3O15. The highest BCUT2D eigenvalue weighted by molar-refractivity contribution is 5.89. The third kappa shape index (κ3) is 22.5. The third-order valence-electron chi connectivity index (χ3n) is 11.2. The van der Waals surface area contributed by atoms with Gasteiger partial charge in [-0.05, 0) is 71.6 Å². The zero-order chi connectivity index (χ0) is 45.2. The first-order valence-electron chi connectivity index (χ1n) is 22.6. The Morgan fingerprint density at radius 3 is 1.56 bits per heavy atom. The Bertz CT molecular complexity index is 1230. The maximum absolute atomic E-state index is 13.3. The fraction of sp³-hybridized carbons (Fsp3) is 0.909. The van der Waals surface area contributed by atoms with Gasteiger partial charge in [0.25, 0.3) is 0 Å². The van der Waals surface area contributed by atoms with Gasteiger partial charge in [0.05, 0.1) is 44.2 Å². The lowest BCUT2D eigenvalue weighted by Crippen LogP contribution is -2.55. The third-order valence-corrected chi connectivity index (χ3v) is 11.2. The second kappa shape index (κ2) is 33.2. The molecular weight excluding hydrogens is 810 g/mol. The lowest BCUT2D eigenvalue weighted by atomic mass is 9.92. The van der Waals surface area contributed by atoms with Crippen LogP contribution in [0.15, 0.2) is 0 Å². The summed E-state index contributed by atoms with van der Waals surface area (Å²) in [5.74, 6) is -1.45. The zero-order valence-electron chi connectivity index (χ0n) is 37.0. The molecule has 2 aliphatic rings. The molecule has 2 heterocycles. The van der Waals surface area contributed by atoms with Crippen molar-refractivity contribution in [2.24, 2.45) is 11.8 Å². The topological polar surface area (TPSA) is 272 Å². The van der Waals surface area contributed by atoms with E-state index in [1.807, 2.05) is 13.8 Å². The molecule has 9 N–H and O–H groups in total. The Morgan fingerprint density at radius 1 is 0.565 bits per heavy atom. The Kier molecular flexibility index (Phi) is 30.8. The average molecular weight is 894 g/mol. The fourth-order valence-electron chi connectivity index (χ4n) is 7.21. The number of aliphatic hydroxyl groups is 6. The van der Waals surface area contributed by atoms with Crippen LogP contribution in [0.4, 0.5) is 0 Å². The maximum atomic E-state index is 13.3. The van der Waals surface area contributed by atoms with Crippen LogP contribution >= 0.6 is 0 Å².